The van der Waals surface area contributed by atoms with Gasteiger partial charge in [0.1, 0.15) is 11.5 Å². The summed E-state index contributed by atoms with van der Waals surface area (Å²) in [5.41, 5.74) is 3.23. The summed E-state index contributed by atoms with van der Waals surface area (Å²) in [6.07, 6.45) is 1.21. The molecule has 2 aromatic carbocycles. The summed E-state index contributed by atoms with van der Waals surface area (Å²) >= 11 is 0. The molecule has 1 N–H and O–H groups in total. The van der Waals surface area contributed by atoms with Crippen LogP contribution in [0.1, 0.15) is 16.7 Å². The van der Waals surface area contributed by atoms with Crippen molar-refractivity contribution in [3.8, 4) is 11.5 Å². The summed E-state index contributed by atoms with van der Waals surface area (Å²) in [4.78, 5) is 11.2. The fourth-order valence-corrected chi connectivity index (χ4v) is 2.27. The minimum atomic E-state index is -0.987. The van der Waals surface area contributed by atoms with Gasteiger partial charge in [-0.1, -0.05) is 18.2 Å². The van der Waals surface area contributed by atoms with Crippen LogP contribution in [0.4, 0.5) is 0 Å². The maximum Gasteiger partial charge on any atom is 0.328 e. The van der Waals surface area contributed by atoms with Gasteiger partial charge in [0.05, 0.1) is 14.2 Å². The first-order chi connectivity index (χ1) is 10.5. The van der Waals surface area contributed by atoms with Crippen molar-refractivity contribution in [2.24, 2.45) is 0 Å². The number of aliphatic carboxylic acids is 1. The standard InChI is InChI=1S/C18H18O4/c1-12-10-14(6-9-17(12)22-3)16(11-18(19)20)13-4-7-15(21-2)8-5-13/h4-11H,1-3H3,(H,19,20)/b16-11+. The van der Waals surface area contributed by atoms with Crippen LogP contribution < -0.4 is 9.47 Å². The number of carbonyl (C=O) groups is 1. The first-order valence-electron chi connectivity index (χ1n) is 6.79. The van der Waals surface area contributed by atoms with E-state index in [0.29, 0.717) is 5.57 Å². The van der Waals surface area contributed by atoms with Crippen LogP contribution in [-0.2, 0) is 4.79 Å². The van der Waals surface area contributed by atoms with Gasteiger partial charge in [0.2, 0.25) is 0 Å². The third-order valence-electron chi connectivity index (χ3n) is 3.37. The molecule has 0 aliphatic heterocycles. The average molecular weight is 298 g/mol. The van der Waals surface area contributed by atoms with Crippen molar-refractivity contribution in [2.45, 2.75) is 6.92 Å². The molecule has 0 fully saturated rings. The normalized spacial score (nSPS) is 11.1. The van der Waals surface area contributed by atoms with Crippen LogP contribution >= 0.6 is 0 Å². The van der Waals surface area contributed by atoms with Crippen LogP contribution in [-0.4, -0.2) is 25.3 Å². The molecule has 0 amide bonds. The van der Waals surface area contributed by atoms with E-state index in [9.17, 15) is 4.79 Å². The second kappa shape index (κ2) is 6.80. The van der Waals surface area contributed by atoms with Crippen LogP contribution in [0.3, 0.4) is 0 Å². The molecule has 0 radical (unpaired) electrons. The van der Waals surface area contributed by atoms with Gasteiger partial charge < -0.3 is 14.6 Å². The molecule has 0 saturated carbocycles. The van der Waals surface area contributed by atoms with Crippen molar-refractivity contribution >= 4 is 11.5 Å². The van der Waals surface area contributed by atoms with E-state index in [0.717, 1.165) is 28.2 Å². The highest BCUT2D eigenvalue weighted by atomic mass is 16.5. The highest BCUT2D eigenvalue weighted by Gasteiger charge is 2.10. The Morgan fingerprint density at radius 1 is 1.00 bits per heavy atom. The molecule has 0 aliphatic carbocycles. The fourth-order valence-electron chi connectivity index (χ4n) is 2.27. The number of methoxy groups -OCH3 is 2. The minimum absolute atomic E-state index is 0.640. The smallest absolute Gasteiger partial charge is 0.328 e. The molecule has 2 aromatic rings. The first-order valence-corrected chi connectivity index (χ1v) is 6.79. The van der Waals surface area contributed by atoms with Crippen molar-refractivity contribution in [1.82, 2.24) is 0 Å². The van der Waals surface area contributed by atoms with E-state index in [1.165, 1.54) is 6.08 Å². The predicted molar refractivity (Wildman–Crippen MR) is 85.4 cm³/mol. The Morgan fingerprint density at radius 2 is 1.64 bits per heavy atom. The summed E-state index contributed by atoms with van der Waals surface area (Å²) in [7, 11) is 3.20. The molecule has 0 unspecified atom stereocenters. The van der Waals surface area contributed by atoms with E-state index in [1.54, 1.807) is 26.4 Å². The number of carboxylic acids is 1. The number of hydrogen-bond acceptors (Lipinski definition) is 3. The van der Waals surface area contributed by atoms with Crippen LogP contribution in [0.15, 0.2) is 48.5 Å². The van der Waals surface area contributed by atoms with Crippen molar-refractivity contribution in [2.75, 3.05) is 14.2 Å². The monoisotopic (exact) mass is 298 g/mol. The molecular weight excluding hydrogens is 280 g/mol. The lowest BCUT2D eigenvalue weighted by Crippen LogP contribution is -1.96. The summed E-state index contributed by atoms with van der Waals surface area (Å²) in [6.45, 7) is 1.93. The van der Waals surface area contributed by atoms with Gasteiger partial charge in [-0.15, -0.1) is 0 Å². The van der Waals surface area contributed by atoms with Gasteiger partial charge in [-0.3, -0.25) is 0 Å². The molecule has 0 aromatic heterocycles. The first kappa shape index (κ1) is 15.6. The number of ether oxygens (including phenoxy) is 2. The van der Waals surface area contributed by atoms with Crippen molar-refractivity contribution in [3.05, 3.63) is 65.2 Å². The maximum atomic E-state index is 11.2. The van der Waals surface area contributed by atoms with Gasteiger partial charge in [-0.25, -0.2) is 4.79 Å². The highest BCUT2D eigenvalue weighted by Crippen LogP contribution is 2.28. The van der Waals surface area contributed by atoms with E-state index in [2.05, 4.69) is 0 Å². The van der Waals surface area contributed by atoms with E-state index in [4.69, 9.17) is 14.6 Å². The lowest BCUT2D eigenvalue weighted by atomic mass is 9.96. The van der Waals surface area contributed by atoms with E-state index in [-0.39, 0.29) is 0 Å². The molecule has 4 nitrogen and oxygen atoms in total. The van der Waals surface area contributed by atoms with Gasteiger partial charge in [0.15, 0.2) is 0 Å². The molecule has 0 spiro atoms. The van der Waals surface area contributed by atoms with Crippen LogP contribution in [0, 0.1) is 6.92 Å². The Bertz CT molecular complexity index is 700. The third kappa shape index (κ3) is 3.47. The molecular formula is C18H18O4. The molecule has 22 heavy (non-hydrogen) atoms. The van der Waals surface area contributed by atoms with E-state index >= 15 is 0 Å². The van der Waals surface area contributed by atoms with Crippen molar-refractivity contribution in [3.63, 3.8) is 0 Å². The molecule has 114 valence electrons. The Hall–Kier alpha value is -2.75. The lowest BCUT2D eigenvalue weighted by Gasteiger charge is -2.11. The number of hydrogen-bond donors (Lipinski definition) is 1. The quantitative estimate of drug-likeness (QED) is 0.858. The van der Waals surface area contributed by atoms with Crippen molar-refractivity contribution in [1.29, 1.82) is 0 Å². The Morgan fingerprint density at radius 3 is 2.14 bits per heavy atom. The topological polar surface area (TPSA) is 55.8 Å². The number of rotatable bonds is 5. The summed E-state index contributed by atoms with van der Waals surface area (Å²) in [5, 5.41) is 9.15. The largest absolute Gasteiger partial charge is 0.497 e. The van der Waals surface area contributed by atoms with Crippen molar-refractivity contribution < 1.29 is 19.4 Å². The number of aryl methyl sites for hydroxylation is 1. The Labute approximate surface area is 129 Å². The molecule has 2 rings (SSSR count). The second-order valence-corrected chi connectivity index (χ2v) is 4.81. The summed E-state index contributed by atoms with van der Waals surface area (Å²) in [5.74, 6) is 0.511. The zero-order chi connectivity index (χ0) is 16.1. The SMILES string of the molecule is COc1ccc(/C(=C\C(=O)O)c2ccc(OC)c(C)c2)cc1. The average Bonchev–Trinajstić information content (AvgIpc) is 2.52. The molecule has 0 heterocycles. The number of benzene rings is 2. The number of carboxylic acid groups (broad SMARTS) is 1. The molecule has 4 heteroatoms. The van der Waals surface area contributed by atoms with E-state index in [1.807, 2.05) is 37.3 Å². The van der Waals surface area contributed by atoms with Crippen LogP contribution in [0.5, 0.6) is 11.5 Å². The molecule has 0 atom stereocenters. The fraction of sp³-hybridized carbons (Fsp3) is 0.167. The third-order valence-corrected chi connectivity index (χ3v) is 3.37. The molecule has 0 bridgehead atoms. The Balaban J connectivity index is 2.50. The molecule has 0 aliphatic rings. The van der Waals surface area contributed by atoms with Gasteiger partial charge in [-0.2, -0.15) is 0 Å². The second-order valence-electron chi connectivity index (χ2n) is 4.81. The zero-order valence-corrected chi connectivity index (χ0v) is 12.8. The van der Waals surface area contributed by atoms with Crippen LogP contribution in [0.2, 0.25) is 0 Å². The summed E-state index contributed by atoms with van der Waals surface area (Å²) in [6, 6.07) is 12.9. The van der Waals surface area contributed by atoms with Crippen LogP contribution in [0.25, 0.3) is 5.57 Å². The van der Waals surface area contributed by atoms with Gasteiger partial charge in [-0.05, 0) is 53.5 Å². The predicted octanol–water partition coefficient (Wildman–Crippen LogP) is 3.53. The van der Waals surface area contributed by atoms with Gasteiger partial charge in [0, 0.05) is 6.08 Å². The van der Waals surface area contributed by atoms with Gasteiger partial charge >= 0.3 is 5.97 Å². The Kier molecular flexibility index (Phi) is 4.84. The zero-order valence-electron chi connectivity index (χ0n) is 12.8. The molecule has 0 saturated heterocycles. The summed E-state index contributed by atoms with van der Waals surface area (Å²) < 4.78 is 10.4. The maximum absolute atomic E-state index is 11.2. The highest BCUT2D eigenvalue weighted by molar-refractivity contribution is 5.95. The van der Waals surface area contributed by atoms with E-state index < -0.39 is 5.97 Å². The minimum Gasteiger partial charge on any atom is -0.497 e. The van der Waals surface area contributed by atoms with Gasteiger partial charge in [0.25, 0.3) is 0 Å². The lowest BCUT2D eigenvalue weighted by molar-refractivity contribution is -0.131.